The van der Waals surface area contributed by atoms with Gasteiger partial charge in [-0.15, -0.1) is 0 Å². The SMILES string of the molecule is O=C(Cn1cncn1)NN=Cc1cccc(Br)c1. The second-order valence-corrected chi connectivity index (χ2v) is 4.36. The van der Waals surface area contributed by atoms with Crippen LogP contribution < -0.4 is 5.43 Å². The number of carbonyl (C=O) groups excluding carboxylic acids is 1. The topological polar surface area (TPSA) is 72.2 Å². The van der Waals surface area contributed by atoms with E-state index in [1.165, 1.54) is 17.3 Å². The number of hydrogen-bond donors (Lipinski definition) is 1. The molecule has 0 fully saturated rings. The van der Waals surface area contributed by atoms with E-state index >= 15 is 0 Å². The van der Waals surface area contributed by atoms with Crippen LogP contribution in [0.5, 0.6) is 0 Å². The molecule has 2 aromatic rings. The van der Waals surface area contributed by atoms with Crippen LogP contribution >= 0.6 is 15.9 Å². The summed E-state index contributed by atoms with van der Waals surface area (Å²) in [4.78, 5) is 15.2. The molecule has 92 valence electrons. The van der Waals surface area contributed by atoms with Crippen LogP contribution in [0.4, 0.5) is 0 Å². The van der Waals surface area contributed by atoms with Crippen molar-refractivity contribution in [3.8, 4) is 0 Å². The predicted octanol–water partition coefficient (Wildman–Crippen LogP) is 1.19. The molecule has 1 N–H and O–H groups in total. The molecule has 0 saturated carbocycles. The second-order valence-electron chi connectivity index (χ2n) is 3.44. The highest BCUT2D eigenvalue weighted by Gasteiger charge is 2.00. The number of hydrogen-bond acceptors (Lipinski definition) is 4. The van der Waals surface area contributed by atoms with Crippen molar-refractivity contribution in [1.29, 1.82) is 0 Å². The number of rotatable bonds is 4. The average molecular weight is 308 g/mol. The molecule has 0 saturated heterocycles. The Morgan fingerprint density at radius 1 is 1.56 bits per heavy atom. The maximum absolute atomic E-state index is 11.4. The van der Waals surface area contributed by atoms with Gasteiger partial charge in [-0.1, -0.05) is 28.1 Å². The number of nitrogens with zero attached hydrogens (tertiary/aromatic N) is 4. The van der Waals surface area contributed by atoms with E-state index in [1.54, 1.807) is 6.21 Å². The van der Waals surface area contributed by atoms with Gasteiger partial charge in [0.25, 0.3) is 5.91 Å². The largest absolute Gasteiger partial charge is 0.271 e. The molecule has 0 atom stereocenters. The van der Waals surface area contributed by atoms with Crippen molar-refractivity contribution in [1.82, 2.24) is 20.2 Å². The fourth-order valence-electron chi connectivity index (χ4n) is 1.26. The third-order valence-electron chi connectivity index (χ3n) is 2.02. The number of hydrazone groups is 1. The zero-order chi connectivity index (χ0) is 12.8. The van der Waals surface area contributed by atoms with Crippen molar-refractivity contribution >= 4 is 28.1 Å². The first-order valence-corrected chi connectivity index (χ1v) is 5.93. The maximum atomic E-state index is 11.4. The van der Waals surface area contributed by atoms with E-state index in [1.807, 2.05) is 24.3 Å². The van der Waals surface area contributed by atoms with E-state index in [0.29, 0.717) is 0 Å². The second kappa shape index (κ2) is 6.06. The van der Waals surface area contributed by atoms with Crippen molar-refractivity contribution in [2.45, 2.75) is 6.54 Å². The third kappa shape index (κ3) is 3.77. The number of benzene rings is 1. The molecule has 2 rings (SSSR count). The monoisotopic (exact) mass is 307 g/mol. The molecule has 0 aliphatic heterocycles. The Balaban J connectivity index is 1.86. The van der Waals surface area contributed by atoms with E-state index in [4.69, 9.17) is 0 Å². The lowest BCUT2D eigenvalue weighted by atomic mass is 10.2. The summed E-state index contributed by atoms with van der Waals surface area (Å²) in [6, 6.07) is 7.59. The van der Waals surface area contributed by atoms with E-state index in [-0.39, 0.29) is 12.5 Å². The van der Waals surface area contributed by atoms with Gasteiger partial charge in [0.2, 0.25) is 0 Å². The van der Waals surface area contributed by atoms with Crippen molar-refractivity contribution in [2.75, 3.05) is 0 Å². The average Bonchev–Trinajstić information content (AvgIpc) is 2.82. The van der Waals surface area contributed by atoms with Gasteiger partial charge < -0.3 is 0 Å². The minimum atomic E-state index is -0.258. The molecule has 18 heavy (non-hydrogen) atoms. The zero-order valence-electron chi connectivity index (χ0n) is 9.32. The van der Waals surface area contributed by atoms with E-state index < -0.39 is 0 Å². The van der Waals surface area contributed by atoms with Gasteiger partial charge in [-0.2, -0.15) is 10.2 Å². The normalized spacial score (nSPS) is 10.7. The molecule has 0 radical (unpaired) electrons. The van der Waals surface area contributed by atoms with Crippen molar-refractivity contribution in [3.05, 3.63) is 47.0 Å². The summed E-state index contributed by atoms with van der Waals surface area (Å²) >= 11 is 3.36. The Hall–Kier alpha value is -2.02. The molecule has 0 aliphatic rings. The summed E-state index contributed by atoms with van der Waals surface area (Å²) in [5.74, 6) is -0.258. The Labute approximate surface area is 112 Å². The fraction of sp³-hybridized carbons (Fsp3) is 0.0909. The summed E-state index contributed by atoms with van der Waals surface area (Å²) in [5, 5.41) is 7.68. The van der Waals surface area contributed by atoms with Gasteiger partial charge in [0, 0.05) is 4.47 Å². The highest BCUT2D eigenvalue weighted by atomic mass is 79.9. The molecule has 1 aromatic heterocycles. The summed E-state index contributed by atoms with van der Waals surface area (Å²) in [5.41, 5.74) is 3.31. The van der Waals surface area contributed by atoms with Gasteiger partial charge in [-0.05, 0) is 17.7 Å². The molecule has 1 amide bonds. The van der Waals surface area contributed by atoms with Crippen LogP contribution in [0, 0.1) is 0 Å². The zero-order valence-corrected chi connectivity index (χ0v) is 10.9. The Bertz CT molecular complexity index is 552. The number of aromatic nitrogens is 3. The summed E-state index contributed by atoms with van der Waals surface area (Å²) in [6.45, 7) is 0.0931. The van der Waals surface area contributed by atoms with Crippen molar-refractivity contribution in [2.24, 2.45) is 5.10 Å². The Kier molecular flexibility index (Phi) is 4.19. The van der Waals surface area contributed by atoms with Gasteiger partial charge in [-0.3, -0.25) is 4.79 Å². The van der Waals surface area contributed by atoms with Gasteiger partial charge in [0.05, 0.1) is 6.21 Å². The Morgan fingerprint density at radius 2 is 2.44 bits per heavy atom. The lowest BCUT2D eigenvalue weighted by Gasteiger charge is -1.99. The number of amides is 1. The van der Waals surface area contributed by atoms with Crippen molar-refractivity contribution < 1.29 is 4.79 Å². The molecule has 0 bridgehead atoms. The summed E-state index contributed by atoms with van der Waals surface area (Å²) < 4.78 is 2.38. The van der Waals surface area contributed by atoms with Gasteiger partial charge in [-0.25, -0.2) is 15.1 Å². The van der Waals surface area contributed by atoms with Crippen LogP contribution in [0.15, 0.2) is 46.5 Å². The predicted molar refractivity (Wildman–Crippen MR) is 69.9 cm³/mol. The van der Waals surface area contributed by atoms with E-state index in [0.717, 1.165) is 10.0 Å². The van der Waals surface area contributed by atoms with Crippen LogP contribution in [0.25, 0.3) is 0 Å². The lowest BCUT2D eigenvalue weighted by Crippen LogP contribution is -2.23. The highest BCUT2D eigenvalue weighted by molar-refractivity contribution is 9.10. The smallest absolute Gasteiger partial charge is 0.261 e. The van der Waals surface area contributed by atoms with E-state index in [9.17, 15) is 4.79 Å². The summed E-state index contributed by atoms with van der Waals surface area (Å²) in [6.07, 6.45) is 4.42. The Morgan fingerprint density at radius 3 is 3.17 bits per heavy atom. The molecule has 6 nitrogen and oxygen atoms in total. The molecular formula is C11H10BrN5O. The molecule has 0 aliphatic carbocycles. The quantitative estimate of drug-likeness (QED) is 0.681. The minimum Gasteiger partial charge on any atom is -0.271 e. The lowest BCUT2D eigenvalue weighted by molar-refractivity contribution is -0.121. The van der Waals surface area contributed by atoms with Crippen molar-refractivity contribution in [3.63, 3.8) is 0 Å². The standard InChI is InChI=1S/C11H10BrN5O/c12-10-3-1-2-9(4-10)5-14-16-11(18)6-17-8-13-7-15-17/h1-5,7-8H,6H2,(H,16,18). The fourth-order valence-corrected chi connectivity index (χ4v) is 1.68. The molecule has 1 heterocycles. The molecule has 7 heteroatoms. The van der Waals surface area contributed by atoms with Gasteiger partial charge in [0.1, 0.15) is 19.2 Å². The number of halogens is 1. The molecule has 0 unspecified atom stereocenters. The highest BCUT2D eigenvalue weighted by Crippen LogP contribution is 2.09. The van der Waals surface area contributed by atoms with Gasteiger partial charge >= 0.3 is 0 Å². The first-order chi connectivity index (χ1) is 8.74. The summed E-state index contributed by atoms with van der Waals surface area (Å²) in [7, 11) is 0. The maximum Gasteiger partial charge on any atom is 0.261 e. The van der Waals surface area contributed by atoms with Gasteiger partial charge in [0.15, 0.2) is 0 Å². The third-order valence-corrected chi connectivity index (χ3v) is 2.52. The van der Waals surface area contributed by atoms with E-state index in [2.05, 4.69) is 36.5 Å². The number of carbonyl (C=O) groups is 1. The molecular weight excluding hydrogens is 298 g/mol. The van der Waals surface area contributed by atoms with Crippen LogP contribution in [-0.4, -0.2) is 26.9 Å². The molecule has 0 spiro atoms. The minimum absolute atomic E-state index is 0.0931. The van der Waals surface area contributed by atoms with Crippen LogP contribution in [0.2, 0.25) is 0 Å². The molecule has 1 aromatic carbocycles. The first kappa shape index (κ1) is 12.4. The van der Waals surface area contributed by atoms with Crippen LogP contribution in [-0.2, 0) is 11.3 Å². The van der Waals surface area contributed by atoms with Crippen LogP contribution in [0.3, 0.4) is 0 Å². The van der Waals surface area contributed by atoms with Crippen LogP contribution in [0.1, 0.15) is 5.56 Å². The number of nitrogens with one attached hydrogen (secondary N) is 1. The first-order valence-electron chi connectivity index (χ1n) is 5.14.